The van der Waals surface area contributed by atoms with Crippen LogP contribution < -0.4 is 4.57 Å². The van der Waals surface area contributed by atoms with Crippen LogP contribution in [0, 0.1) is 12.3 Å². The molecule has 3 heteroatoms. The molecular weight excluding hydrogens is 396 g/mol. The van der Waals surface area contributed by atoms with Crippen molar-refractivity contribution in [3.05, 3.63) is 59.9 Å². The van der Waals surface area contributed by atoms with Crippen molar-refractivity contribution in [1.82, 2.24) is 4.98 Å². The summed E-state index contributed by atoms with van der Waals surface area (Å²) in [6.45, 7) is 7.11. The Hall–Kier alpha value is -2.39. The zero-order valence-corrected chi connectivity index (χ0v) is 19.6. The van der Waals surface area contributed by atoms with E-state index in [0.29, 0.717) is 11.3 Å². The molecule has 4 aromatic rings. The molecule has 1 aliphatic carbocycles. The summed E-state index contributed by atoms with van der Waals surface area (Å²) in [4.78, 5) is 7.63. The van der Waals surface area contributed by atoms with Gasteiger partial charge in [-0.05, 0) is 89.0 Å². The van der Waals surface area contributed by atoms with E-state index >= 15 is 0 Å². The smallest absolute Gasteiger partial charge is 0.232 e. The predicted molar refractivity (Wildman–Crippen MR) is 130 cm³/mol. The molecule has 1 fully saturated rings. The van der Waals surface area contributed by atoms with Crippen LogP contribution in [0.5, 0.6) is 0 Å². The summed E-state index contributed by atoms with van der Waals surface area (Å²) in [7, 11) is 2.14. The third kappa shape index (κ3) is 3.01. The summed E-state index contributed by atoms with van der Waals surface area (Å²) in [5.41, 5.74) is 7.18. The highest BCUT2D eigenvalue weighted by Gasteiger charge is 2.32. The molecule has 0 spiro atoms. The van der Waals surface area contributed by atoms with Gasteiger partial charge in [0, 0.05) is 15.4 Å². The number of nitrogens with zero attached hydrogens (tertiary/aromatic N) is 2. The molecule has 2 heterocycles. The molecule has 0 radical (unpaired) electrons. The lowest BCUT2D eigenvalue weighted by Gasteiger charge is -2.34. The molecule has 2 nitrogen and oxygen atoms in total. The first-order valence-electron chi connectivity index (χ1n) is 11.4. The van der Waals surface area contributed by atoms with Crippen LogP contribution in [0.3, 0.4) is 0 Å². The van der Waals surface area contributed by atoms with E-state index in [1.165, 1.54) is 74.0 Å². The van der Waals surface area contributed by atoms with Crippen molar-refractivity contribution in [2.75, 3.05) is 0 Å². The molecule has 2 aliphatic rings. The van der Waals surface area contributed by atoms with Crippen LogP contribution >= 0.6 is 11.8 Å². The molecule has 6 rings (SSSR count). The number of hydrogen-bond donors (Lipinski definition) is 0. The molecule has 1 aromatic heterocycles. The number of benzene rings is 3. The van der Waals surface area contributed by atoms with Gasteiger partial charge in [0.15, 0.2) is 5.52 Å². The van der Waals surface area contributed by atoms with Crippen LogP contribution in [0.1, 0.15) is 56.6 Å². The van der Waals surface area contributed by atoms with E-state index in [9.17, 15) is 0 Å². The Kier molecular flexibility index (Phi) is 4.24. The Morgan fingerprint density at radius 3 is 2.61 bits per heavy atom. The molecule has 0 atom stereocenters. The second kappa shape index (κ2) is 6.80. The van der Waals surface area contributed by atoms with Crippen molar-refractivity contribution in [2.45, 2.75) is 62.2 Å². The van der Waals surface area contributed by atoms with Gasteiger partial charge in [-0.1, -0.05) is 49.9 Å². The van der Waals surface area contributed by atoms with Crippen molar-refractivity contribution in [3.8, 4) is 11.3 Å². The highest BCUT2D eigenvalue weighted by molar-refractivity contribution is 7.99. The van der Waals surface area contributed by atoms with Gasteiger partial charge in [0.2, 0.25) is 0 Å². The van der Waals surface area contributed by atoms with E-state index < -0.39 is 0 Å². The minimum Gasteiger partial charge on any atom is -0.232 e. The van der Waals surface area contributed by atoms with Gasteiger partial charge in [-0.25, -0.2) is 4.57 Å². The summed E-state index contributed by atoms with van der Waals surface area (Å²) < 4.78 is 2.22. The third-order valence-corrected chi connectivity index (χ3v) is 8.69. The highest BCUT2D eigenvalue weighted by atomic mass is 32.2. The van der Waals surface area contributed by atoms with Crippen LogP contribution in [0.2, 0.25) is 0 Å². The summed E-state index contributed by atoms with van der Waals surface area (Å²) in [6.07, 6.45) is 7.21. The molecule has 1 aliphatic heterocycles. The molecule has 0 saturated heterocycles. The average Bonchev–Trinajstić information content (AvgIpc) is 2.75. The SMILES string of the molecule is Cc1c2c(cc3ccccc13)Sc1cc(C3CCC(C)(C)CC3)cc3nc[n+](C)c-2c13. The van der Waals surface area contributed by atoms with Gasteiger partial charge in [0.25, 0.3) is 6.33 Å². The van der Waals surface area contributed by atoms with E-state index in [1.54, 1.807) is 0 Å². The van der Waals surface area contributed by atoms with Gasteiger partial charge < -0.3 is 0 Å². The van der Waals surface area contributed by atoms with Crippen LogP contribution in [0.25, 0.3) is 32.9 Å². The van der Waals surface area contributed by atoms with Crippen LogP contribution in [-0.2, 0) is 7.05 Å². The first-order valence-corrected chi connectivity index (χ1v) is 12.3. The predicted octanol–water partition coefficient (Wildman–Crippen LogP) is 7.34. The standard InChI is InChI=1S/C28H29N2S/c1-17-21-8-6-5-7-19(21)14-23-25(17)27-26-22(29-16-30(27)4)13-20(15-24(26)31-23)18-9-11-28(2,3)12-10-18/h5-8,13-16,18H,9-12H2,1-4H3/q+1. The van der Waals surface area contributed by atoms with Gasteiger partial charge in [-0.15, -0.1) is 0 Å². The fraction of sp³-hybridized carbons (Fsp3) is 0.357. The average molecular weight is 426 g/mol. The number of hydrogen-bond acceptors (Lipinski definition) is 2. The topological polar surface area (TPSA) is 16.8 Å². The maximum absolute atomic E-state index is 4.88. The van der Waals surface area contributed by atoms with Crippen molar-refractivity contribution >= 4 is 33.4 Å². The molecule has 0 N–H and O–H groups in total. The minimum absolute atomic E-state index is 0.493. The fourth-order valence-electron chi connectivity index (χ4n) is 5.68. The Morgan fingerprint density at radius 1 is 1.03 bits per heavy atom. The minimum atomic E-state index is 0.493. The van der Waals surface area contributed by atoms with Crippen LogP contribution in [0.4, 0.5) is 0 Å². The fourth-order valence-corrected chi connectivity index (χ4v) is 6.96. The maximum Gasteiger partial charge on any atom is 0.287 e. The van der Waals surface area contributed by atoms with Crippen LogP contribution in [-0.4, -0.2) is 4.98 Å². The van der Waals surface area contributed by atoms with E-state index in [0.717, 1.165) is 5.52 Å². The van der Waals surface area contributed by atoms with Crippen molar-refractivity contribution in [2.24, 2.45) is 12.5 Å². The van der Waals surface area contributed by atoms with Gasteiger partial charge in [-0.3, -0.25) is 0 Å². The molecule has 31 heavy (non-hydrogen) atoms. The Labute approximate surface area is 188 Å². The molecule has 1 saturated carbocycles. The lowest BCUT2D eigenvalue weighted by atomic mass is 9.71. The second-order valence-corrected chi connectivity index (χ2v) is 11.3. The van der Waals surface area contributed by atoms with E-state index in [1.807, 2.05) is 18.1 Å². The molecule has 0 bridgehead atoms. The molecule has 0 amide bonds. The second-order valence-electron chi connectivity index (χ2n) is 10.3. The summed E-state index contributed by atoms with van der Waals surface area (Å²) in [5, 5.41) is 3.99. The Bertz CT molecular complexity index is 1360. The normalized spacial score (nSPS) is 17.8. The van der Waals surface area contributed by atoms with Crippen molar-refractivity contribution in [1.29, 1.82) is 0 Å². The number of fused-ring (bicyclic) bond motifs is 3. The zero-order chi connectivity index (χ0) is 21.3. The summed E-state index contributed by atoms with van der Waals surface area (Å²) in [6, 6.07) is 16.0. The molecule has 0 unspecified atom stereocenters. The zero-order valence-electron chi connectivity index (χ0n) is 18.8. The first kappa shape index (κ1) is 19.3. The maximum atomic E-state index is 4.88. The van der Waals surface area contributed by atoms with Gasteiger partial charge >= 0.3 is 0 Å². The van der Waals surface area contributed by atoms with E-state index in [-0.39, 0.29) is 0 Å². The third-order valence-electron chi connectivity index (χ3n) is 7.60. The van der Waals surface area contributed by atoms with Crippen LogP contribution in [0.15, 0.2) is 58.6 Å². The van der Waals surface area contributed by atoms with Crippen molar-refractivity contribution < 1.29 is 4.57 Å². The molecular formula is C28H29N2S+. The largest absolute Gasteiger partial charge is 0.287 e. The Morgan fingerprint density at radius 2 is 1.81 bits per heavy atom. The number of aromatic nitrogens is 2. The van der Waals surface area contributed by atoms with E-state index in [4.69, 9.17) is 4.98 Å². The lowest BCUT2D eigenvalue weighted by Crippen LogP contribution is -2.32. The molecule has 156 valence electrons. The van der Waals surface area contributed by atoms with Crippen molar-refractivity contribution in [3.63, 3.8) is 0 Å². The number of aryl methyl sites for hydroxylation is 2. The monoisotopic (exact) mass is 425 g/mol. The van der Waals surface area contributed by atoms with E-state index in [2.05, 4.69) is 74.9 Å². The quantitative estimate of drug-likeness (QED) is 0.261. The number of rotatable bonds is 1. The Balaban J connectivity index is 1.57. The first-order chi connectivity index (χ1) is 14.9. The molecule has 3 aromatic carbocycles. The summed E-state index contributed by atoms with van der Waals surface area (Å²) in [5.74, 6) is 0.660. The summed E-state index contributed by atoms with van der Waals surface area (Å²) >= 11 is 1.94. The lowest BCUT2D eigenvalue weighted by molar-refractivity contribution is -0.662. The van der Waals surface area contributed by atoms with Gasteiger partial charge in [0.1, 0.15) is 5.69 Å². The van der Waals surface area contributed by atoms with Gasteiger partial charge in [-0.2, -0.15) is 0 Å². The van der Waals surface area contributed by atoms with Gasteiger partial charge in [0.05, 0.1) is 12.4 Å². The highest BCUT2D eigenvalue weighted by Crippen LogP contribution is 2.51.